The summed E-state index contributed by atoms with van der Waals surface area (Å²) in [4.78, 5) is 24.5. The Morgan fingerprint density at radius 2 is 2.02 bits per heavy atom. The summed E-state index contributed by atoms with van der Waals surface area (Å²) in [6.07, 6.45) is 0.0966. The Balaban J connectivity index is 1.72. The van der Waals surface area contributed by atoms with Gasteiger partial charge in [-0.25, -0.2) is 9.59 Å². The molecule has 0 saturated carbocycles. The lowest BCUT2D eigenvalue weighted by Crippen LogP contribution is -2.45. The van der Waals surface area contributed by atoms with Crippen molar-refractivity contribution in [3.8, 4) is 23.3 Å². The lowest BCUT2D eigenvalue weighted by molar-refractivity contribution is -0.136. The van der Waals surface area contributed by atoms with E-state index in [-0.39, 0.29) is 29.6 Å². The average molecular weight is 592 g/mol. The average Bonchev–Trinajstić information content (AvgIpc) is 2.91. The van der Waals surface area contributed by atoms with Crippen LogP contribution in [0.2, 0.25) is 10.0 Å². The van der Waals surface area contributed by atoms with Gasteiger partial charge in [0, 0.05) is 16.3 Å². The fourth-order valence-electron chi connectivity index (χ4n) is 3.75. The number of urea groups is 1. The van der Waals surface area contributed by atoms with Crippen molar-refractivity contribution in [2.75, 3.05) is 26.9 Å². The Bertz CT molecular complexity index is 1360. The molecule has 212 valence electrons. The van der Waals surface area contributed by atoms with Crippen LogP contribution >= 0.6 is 23.2 Å². The van der Waals surface area contributed by atoms with Gasteiger partial charge in [-0.05, 0) is 43.7 Å². The number of ether oxygens (including phenoxy) is 4. The zero-order valence-electron chi connectivity index (χ0n) is 21.8. The molecule has 2 amide bonds. The van der Waals surface area contributed by atoms with E-state index in [0.717, 1.165) is 0 Å². The number of nitrogens with one attached hydrogen (secondary N) is 3. The van der Waals surface area contributed by atoms with Gasteiger partial charge in [0.2, 0.25) is 0 Å². The number of benzene rings is 2. The van der Waals surface area contributed by atoms with Gasteiger partial charge in [0.05, 0.1) is 36.6 Å². The van der Waals surface area contributed by atoms with E-state index < -0.39 is 24.3 Å². The summed E-state index contributed by atoms with van der Waals surface area (Å²) in [5.74, 6) is 0.269. The first kappa shape index (κ1) is 30.4. The highest BCUT2D eigenvalue weighted by Crippen LogP contribution is 2.35. The number of aliphatic hydroxyl groups is 1. The fraction of sp³-hybridized carbons (Fsp3) is 0.308. The number of hydrazone groups is 1. The van der Waals surface area contributed by atoms with Gasteiger partial charge in [-0.2, -0.15) is 10.4 Å². The van der Waals surface area contributed by atoms with Crippen molar-refractivity contribution in [1.29, 1.82) is 5.26 Å². The van der Waals surface area contributed by atoms with Crippen molar-refractivity contribution < 1.29 is 33.6 Å². The minimum atomic E-state index is -1.23. The molecule has 0 aliphatic carbocycles. The van der Waals surface area contributed by atoms with Crippen LogP contribution in [0.1, 0.15) is 31.0 Å². The molecule has 3 rings (SSSR count). The van der Waals surface area contributed by atoms with Crippen LogP contribution in [0.25, 0.3) is 0 Å². The molecule has 4 N–H and O–H groups in total. The van der Waals surface area contributed by atoms with Crippen molar-refractivity contribution in [3.05, 3.63) is 62.8 Å². The quantitative estimate of drug-likeness (QED) is 0.125. The van der Waals surface area contributed by atoms with Crippen LogP contribution in [0.4, 0.5) is 4.79 Å². The van der Waals surface area contributed by atoms with Crippen LogP contribution in [0.5, 0.6) is 17.2 Å². The van der Waals surface area contributed by atoms with Gasteiger partial charge in [-0.1, -0.05) is 29.3 Å². The van der Waals surface area contributed by atoms with Crippen LogP contribution in [-0.4, -0.2) is 56.5 Å². The van der Waals surface area contributed by atoms with Crippen LogP contribution < -0.4 is 30.3 Å². The fourth-order valence-corrected chi connectivity index (χ4v) is 4.31. The van der Waals surface area contributed by atoms with Crippen molar-refractivity contribution >= 4 is 41.4 Å². The van der Waals surface area contributed by atoms with E-state index in [4.69, 9.17) is 47.4 Å². The summed E-state index contributed by atoms with van der Waals surface area (Å²) < 4.78 is 21.7. The molecule has 0 spiro atoms. The predicted octanol–water partition coefficient (Wildman–Crippen LogP) is 3.42. The van der Waals surface area contributed by atoms with E-state index in [1.54, 1.807) is 32.0 Å². The van der Waals surface area contributed by atoms with Crippen LogP contribution in [0, 0.1) is 11.3 Å². The molecule has 0 radical (unpaired) electrons. The van der Waals surface area contributed by atoms with Crippen molar-refractivity contribution in [2.45, 2.75) is 26.1 Å². The number of carbonyl (C=O) groups excluding carboxylic acids is 2. The van der Waals surface area contributed by atoms with E-state index in [2.05, 4.69) is 21.2 Å². The maximum absolute atomic E-state index is 12.4. The molecule has 0 aromatic heterocycles. The van der Waals surface area contributed by atoms with E-state index in [9.17, 15) is 14.7 Å². The molecular weight excluding hydrogens is 565 g/mol. The number of methoxy groups -OCH3 is 1. The summed E-state index contributed by atoms with van der Waals surface area (Å²) in [7, 11) is 1.26. The van der Waals surface area contributed by atoms with Crippen molar-refractivity contribution in [1.82, 2.24) is 16.1 Å². The molecule has 1 heterocycles. The Kier molecular flexibility index (Phi) is 10.8. The molecule has 0 bridgehead atoms. The standard InChI is InChI=1S/C26H27Cl2N5O7/c1-4-38-20-10-15(23-22(25(35)37-3)14(2)31-26(36)32-23)5-6-19(20)40-13-21(34)33-30-12-16-9-17(27)11-18(28)24(16)39-8-7-29/h5-6,9-12,21,23,33-34H,4,8,13H2,1-3H3,(H2,31,32,36)/b30-12+/t21-,23-/m1/s1. The lowest BCUT2D eigenvalue weighted by atomic mass is 9.95. The third-order valence-corrected chi connectivity index (χ3v) is 5.92. The minimum absolute atomic E-state index is 0.202. The third-order valence-electron chi connectivity index (χ3n) is 5.42. The highest BCUT2D eigenvalue weighted by atomic mass is 35.5. The third kappa shape index (κ3) is 7.69. The number of halogens is 2. The number of amides is 2. The predicted molar refractivity (Wildman–Crippen MR) is 147 cm³/mol. The maximum atomic E-state index is 12.4. The molecule has 0 fully saturated rings. The molecule has 14 heteroatoms. The van der Waals surface area contributed by atoms with Gasteiger partial charge >= 0.3 is 12.0 Å². The molecular formula is C26H27Cl2N5O7. The molecule has 2 aromatic rings. The van der Waals surface area contributed by atoms with Gasteiger partial charge in [-0.15, -0.1) is 0 Å². The first-order valence-corrected chi connectivity index (χ1v) is 12.7. The molecule has 12 nitrogen and oxygen atoms in total. The summed E-state index contributed by atoms with van der Waals surface area (Å²) in [5, 5.41) is 28.9. The zero-order chi connectivity index (χ0) is 29.2. The van der Waals surface area contributed by atoms with Gasteiger partial charge < -0.3 is 34.7 Å². The molecule has 0 saturated heterocycles. The van der Waals surface area contributed by atoms with Gasteiger partial charge in [0.1, 0.15) is 18.4 Å². The molecule has 1 aliphatic rings. The minimum Gasteiger partial charge on any atom is -0.490 e. The molecule has 1 aliphatic heterocycles. The zero-order valence-corrected chi connectivity index (χ0v) is 23.3. The number of carbonyl (C=O) groups is 2. The Labute approximate surface area is 240 Å². The second-order valence-electron chi connectivity index (χ2n) is 8.17. The lowest BCUT2D eigenvalue weighted by Gasteiger charge is -2.28. The Morgan fingerprint density at radius 1 is 1.25 bits per heavy atom. The number of aliphatic hydroxyl groups excluding tert-OH is 1. The molecule has 0 unspecified atom stereocenters. The van der Waals surface area contributed by atoms with E-state index in [0.29, 0.717) is 40.0 Å². The van der Waals surface area contributed by atoms with Gasteiger partial charge in [0.25, 0.3) is 0 Å². The smallest absolute Gasteiger partial charge is 0.337 e. The first-order valence-electron chi connectivity index (χ1n) is 11.9. The highest BCUT2D eigenvalue weighted by Gasteiger charge is 2.32. The second-order valence-corrected chi connectivity index (χ2v) is 9.01. The van der Waals surface area contributed by atoms with E-state index >= 15 is 0 Å². The summed E-state index contributed by atoms with van der Waals surface area (Å²) in [5.41, 5.74) is 4.08. The Hall–Kier alpha value is -4.18. The topological polar surface area (TPSA) is 164 Å². The van der Waals surface area contributed by atoms with Crippen LogP contribution in [0.15, 0.2) is 46.7 Å². The summed E-state index contributed by atoms with van der Waals surface area (Å²) in [6, 6.07) is 8.51. The summed E-state index contributed by atoms with van der Waals surface area (Å²) >= 11 is 12.2. The number of hydrogen-bond donors (Lipinski definition) is 4. The Morgan fingerprint density at radius 3 is 2.73 bits per heavy atom. The molecule has 2 aromatic carbocycles. The maximum Gasteiger partial charge on any atom is 0.337 e. The van der Waals surface area contributed by atoms with E-state index in [1.807, 2.05) is 6.07 Å². The SMILES string of the molecule is CCOc1cc([C@H]2NC(=O)NC(C)=C2C(=O)OC)ccc1OC[C@@H](O)N/N=C/c1cc(Cl)cc(Cl)c1OCC#N. The van der Waals surface area contributed by atoms with Crippen LogP contribution in [-0.2, 0) is 9.53 Å². The number of esters is 1. The van der Waals surface area contributed by atoms with Gasteiger partial charge in [0.15, 0.2) is 24.3 Å². The van der Waals surface area contributed by atoms with Crippen molar-refractivity contribution in [3.63, 3.8) is 0 Å². The largest absolute Gasteiger partial charge is 0.490 e. The van der Waals surface area contributed by atoms with Gasteiger partial charge in [-0.3, -0.25) is 5.43 Å². The number of nitrogens with zero attached hydrogens (tertiary/aromatic N) is 2. The number of allylic oxidation sites excluding steroid dienone is 1. The number of nitriles is 1. The second kappa shape index (κ2) is 14.3. The summed E-state index contributed by atoms with van der Waals surface area (Å²) in [6.45, 7) is 3.25. The van der Waals surface area contributed by atoms with Crippen LogP contribution in [0.3, 0.4) is 0 Å². The highest BCUT2D eigenvalue weighted by molar-refractivity contribution is 6.36. The number of rotatable bonds is 12. The molecule has 40 heavy (non-hydrogen) atoms. The van der Waals surface area contributed by atoms with Crippen molar-refractivity contribution in [2.24, 2.45) is 5.10 Å². The normalized spacial score (nSPS) is 15.5. The monoisotopic (exact) mass is 591 g/mol. The number of hydrogen-bond acceptors (Lipinski definition) is 10. The van der Waals surface area contributed by atoms with E-state index in [1.165, 1.54) is 25.5 Å². The first-order chi connectivity index (χ1) is 19.2. The molecule has 2 atom stereocenters.